The van der Waals surface area contributed by atoms with Crippen molar-refractivity contribution in [1.29, 1.82) is 0 Å². The lowest BCUT2D eigenvalue weighted by atomic mass is 10.0. The van der Waals surface area contributed by atoms with Crippen LogP contribution in [-0.4, -0.2) is 10.9 Å². The number of hydrogen-bond donors (Lipinski definition) is 1. The fourth-order valence-corrected chi connectivity index (χ4v) is 1.91. The molecule has 4 heteroatoms. The van der Waals surface area contributed by atoms with Crippen LogP contribution in [0.5, 0.6) is 0 Å². The summed E-state index contributed by atoms with van der Waals surface area (Å²) in [5.41, 5.74) is 1.33. The van der Waals surface area contributed by atoms with Crippen molar-refractivity contribution in [2.75, 3.05) is 0 Å². The fraction of sp³-hybridized carbons (Fsp3) is 0.300. The largest absolute Gasteiger partial charge is 0.392 e. The second-order valence-electron chi connectivity index (χ2n) is 2.94. The number of carbonyl (C=O) groups excluding carboxylic acids is 1. The van der Waals surface area contributed by atoms with E-state index in [0.717, 1.165) is 4.47 Å². The van der Waals surface area contributed by atoms with Gasteiger partial charge in [-0.1, -0.05) is 28.1 Å². The van der Waals surface area contributed by atoms with E-state index in [1.54, 1.807) is 18.2 Å². The van der Waals surface area contributed by atoms with E-state index in [1.165, 1.54) is 6.92 Å². The summed E-state index contributed by atoms with van der Waals surface area (Å²) < 4.78 is 0.768. The number of hydrogen-bond acceptors (Lipinski definition) is 2. The molecular weight excluding hydrogens is 267 g/mol. The number of alkyl halides is 1. The summed E-state index contributed by atoms with van der Waals surface area (Å²) in [4.78, 5) is 11.1. The highest BCUT2D eigenvalue weighted by Crippen LogP contribution is 2.29. The van der Waals surface area contributed by atoms with E-state index in [-0.39, 0.29) is 12.4 Å². The Morgan fingerprint density at radius 1 is 1.64 bits per heavy atom. The Labute approximate surface area is 96.0 Å². The Kier molecular flexibility index (Phi) is 4.11. The average molecular weight is 278 g/mol. The van der Waals surface area contributed by atoms with Gasteiger partial charge in [0.05, 0.1) is 6.61 Å². The van der Waals surface area contributed by atoms with E-state index in [4.69, 9.17) is 16.7 Å². The number of ketones is 1. The van der Waals surface area contributed by atoms with Gasteiger partial charge in [-0.2, -0.15) is 0 Å². The molecule has 0 radical (unpaired) electrons. The highest BCUT2D eigenvalue weighted by Gasteiger charge is 2.17. The molecule has 0 aliphatic carbocycles. The van der Waals surface area contributed by atoms with Crippen LogP contribution < -0.4 is 0 Å². The minimum atomic E-state index is -0.686. The average Bonchev–Trinajstić information content (AvgIpc) is 2.16. The van der Waals surface area contributed by atoms with Gasteiger partial charge in [0, 0.05) is 4.47 Å². The number of benzene rings is 1. The summed E-state index contributed by atoms with van der Waals surface area (Å²) in [7, 11) is 0. The molecular formula is C10H10BrClO2. The van der Waals surface area contributed by atoms with Gasteiger partial charge >= 0.3 is 0 Å². The molecule has 0 aromatic heterocycles. The molecule has 0 heterocycles. The number of aliphatic hydroxyl groups is 1. The topological polar surface area (TPSA) is 37.3 Å². The third-order valence-corrected chi connectivity index (χ3v) is 3.23. The first-order valence-electron chi connectivity index (χ1n) is 4.10. The van der Waals surface area contributed by atoms with Crippen LogP contribution in [-0.2, 0) is 11.4 Å². The molecule has 1 aromatic carbocycles. The highest BCUT2D eigenvalue weighted by atomic mass is 79.9. The molecule has 0 saturated carbocycles. The van der Waals surface area contributed by atoms with Crippen LogP contribution in [0.2, 0.25) is 0 Å². The lowest BCUT2D eigenvalue weighted by Gasteiger charge is -2.12. The van der Waals surface area contributed by atoms with Crippen molar-refractivity contribution >= 4 is 33.3 Å². The molecule has 1 aromatic rings. The highest BCUT2D eigenvalue weighted by molar-refractivity contribution is 9.10. The summed E-state index contributed by atoms with van der Waals surface area (Å²) in [6, 6.07) is 5.34. The molecule has 0 aliphatic heterocycles. The van der Waals surface area contributed by atoms with Crippen molar-refractivity contribution in [2.45, 2.75) is 18.9 Å². The zero-order valence-corrected chi connectivity index (χ0v) is 9.97. The van der Waals surface area contributed by atoms with Gasteiger partial charge in [-0.3, -0.25) is 4.79 Å². The molecule has 0 aliphatic rings. The normalized spacial score (nSPS) is 12.6. The van der Waals surface area contributed by atoms with E-state index in [1.807, 2.05) is 0 Å². The maximum atomic E-state index is 11.1. The molecule has 0 spiro atoms. The summed E-state index contributed by atoms with van der Waals surface area (Å²) in [5, 5.41) is 8.44. The van der Waals surface area contributed by atoms with Gasteiger partial charge < -0.3 is 5.11 Å². The predicted molar refractivity (Wildman–Crippen MR) is 59.3 cm³/mol. The number of carbonyl (C=O) groups is 1. The third-order valence-electron chi connectivity index (χ3n) is 1.94. The molecule has 0 bridgehead atoms. The van der Waals surface area contributed by atoms with Crippen LogP contribution in [0.25, 0.3) is 0 Å². The number of aliphatic hydroxyl groups excluding tert-OH is 1. The van der Waals surface area contributed by atoms with Gasteiger partial charge in [0.25, 0.3) is 0 Å². The smallest absolute Gasteiger partial charge is 0.152 e. The van der Waals surface area contributed by atoms with Crippen molar-refractivity contribution in [1.82, 2.24) is 0 Å². The number of rotatable bonds is 3. The quantitative estimate of drug-likeness (QED) is 0.863. The standard InChI is InChI=1S/C10H10BrClO2/c1-6(14)10(12)7-3-2-4-9(11)8(7)5-13/h2-4,10,13H,5H2,1H3. The summed E-state index contributed by atoms with van der Waals surface area (Å²) in [5.74, 6) is -0.125. The van der Waals surface area contributed by atoms with Crippen LogP contribution in [0.15, 0.2) is 22.7 Å². The maximum absolute atomic E-state index is 11.1. The van der Waals surface area contributed by atoms with E-state index in [9.17, 15) is 4.79 Å². The van der Waals surface area contributed by atoms with Gasteiger partial charge in [-0.25, -0.2) is 0 Å². The van der Waals surface area contributed by atoms with Crippen LogP contribution >= 0.6 is 27.5 Å². The van der Waals surface area contributed by atoms with Crippen molar-refractivity contribution in [2.24, 2.45) is 0 Å². The third kappa shape index (κ3) is 2.35. The lowest BCUT2D eigenvalue weighted by Crippen LogP contribution is -2.05. The minimum absolute atomic E-state index is 0.125. The van der Waals surface area contributed by atoms with E-state index >= 15 is 0 Å². The first-order chi connectivity index (χ1) is 6.57. The van der Waals surface area contributed by atoms with Gasteiger partial charge in [0.1, 0.15) is 5.38 Å². The number of halogens is 2. The fourth-order valence-electron chi connectivity index (χ4n) is 1.20. The lowest BCUT2D eigenvalue weighted by molar-refractivity contribution is -0.116. The van der Waals surface area contributed by atoms with Crippen molar-refractivity contribution in [3.63, 3.8) is 0 Å². The molecule has 1 N–H and O–H groups in total. The number of Topliss-reactive ketones (excluding diaryl/α,β-unsaturated/α-hetero) is 1. The van der Waals surface area contributed by atoms with Crippen LogP contribution in [0.4, 0.5) is 0 Å². The molecule has 14 heavy (non-hydrogen) atoms. The van der Waals surface area contributed by atoms with Crippen molar-refractivity contribution in [3.05, 3.63) is 33.8 Å². The van der Waals surface area contributed by atoms with E-state index in [0.29, 0.717) is 11.1 Å². The van der Waals surface area contributed by atoms with Gasteiger partial charge in [0.2, 0.25) is 0 Å². The summed E-state index contributed by atoms with van der Waals surface area (Å²) in [6.07, 6.45) is 0. The molecule has 1 rings (SSSR count). The Morgan fingerprint density at radius 2 is 2.29 bits per heavy atom. The van der Waals surface area contributed by atoms with E-state index < -0.39 is 5.38 Å². The molecule has 0 saturated heterocycles. The zero-order chi connectivity index (χ0) is 10.7. The first kappa shape index (κ1) is 11.7. The van der Waals surface area contributed by atoms with Gasteiger partial charge in [0.15, 0.2) is 5.78 Å². The van der Waals surface area contributed by atoms with Crippen LogP contribution in [0.3, 0.4) is 0 Å². The molecule has 1 atom stereocenters. The molecule has 1 unspecified atom stereocenters. The first-order valence-corrected chi connectivity index (χ1v) is 5.33. The van der Waals surface area contributed by atoms with Crippen LogP contribution in [0, 0.1) is 0 Å². The van der Waals surface area contributed by atoms with E-state index in [2.05, 4.69) is 15.9 Å². The molecule has 0 amide bonds. The van der Waals surface area contributed by atoms with Gasteiger partial charge in [-0.05, 0) is 24.1 Å². The molecule has 76 valence electrons. The Hall–Kier alpha value is -0.380. The second-order valence-corrected chi connectivity index (χ2v) is 4.23. The van der Waals surface area contributed by atoms with Crippen molar-refractivity contribution in [3.8, 4) is 0 Å². The Morgan fingerprint density at radius 3 is 2.79 bits per heavy atom. The van der Waals surface area contributed by atoms with Gasteiger partial charge in [-0.15, -0.1) is 11.6 Å². The van der Waals surface area contributed by atoms with Crippen molar-refractivity contribution < 1.29 is 9.90 Å². The maximum Gasteiger partial charge on any atom is 0.152 e. The SMILES string of the molecule is CC(=O)C(Cl)c1cccc(Br)c1CO. The second kappa shape index (κ2) is 4.91. The summed E-state index contributed by atoms with van der Waals surface area (Å²) in [6.45, 7) is 1.30. The summed E-state index contributed by atoms with van der Waals surface area (Å²) >= 11 is 9.21. The Bertz CT molecular complexity index is 352. The predicted octanol–water partition coefficient (Wildman–Crippen LogP) is 2.81. The zero-order valence-electron chi connectivity index (χ0n) is 7.63. The monoisotopic (exact) mass is 276 g/mol. The Balaban J connectivity index is 3.20. The molecule has 2 nitrogen and oxygen atoms in total. The minimum Gasteiger partial charge on any atom is -0.392 e. The molecule has 0 fully saturated rings. The van der Waals surface area contributed by atoms with Crippen LogP contribution in [0.1, 0.15) is 23.4 Å².